The van der Waals surface area contributed by atoms with Gasteiger partial charge in [-0.15, -0.1) is 0 Å². The van der Waals surface area contributed by atoms with Crippen molar-refractivity contribution in [2.24, 2.45) is 0 Å². The molecular weight excluding hydrogens is 228 g/mol. The second-order valence-electron chi connectivity index (χ2n) is 2.98. The van der Waals surface area contributed by atoms with Crippen molar-refractivity contribution < 1.29 is 4.42 Å². The molecule has 13 heavy (non-hydrogen) atoms. The lowest BCUT2D eigenvalue weighted by atomic mass is 10.1. The fourth-order valence-corrected chi connectivity index (χ4v) is 1.78. The van der Waals surface area contributed by atoms with Gasteiger partial charge in [0.2, 0.25) is 0 Å². The average Bonchev–Trinajstić information content (AvgIpc) is 2.51. The van der Waals surface area contributed by atoms with E-state index in [0.29, 0.717) is 0 Å². The highest BCUT2D eigenvalue weighted by Gasteiger charge is 2.04. The molecule has 2 aromatic rings. The van der Waals surface area contributed by atoms with Crippen molar-refractivity contribution >= 4 is 15.9 Å². The minimum atomic E-state index is 0.790. The van der Waals surface area contributed by atoms with Gasteiger partial charge in [-0.05, 0) is 34.5 Å². The highest BCUT2D eigenvalue weighted by atomic mass is 79.9. The molecule has 0 unspecified atom stereocenters. The topological polar surface area (TPSA) is 13.1 Å². The predicted octanol–water partition coefficient (Wildman–Crippen LogP) is 4.02. The smallest absolute Gasteiger partial charge is 0.176 e. The molecule has 0 aliphatic heterocycles. The second kappa shape index (κ2) is 3.38. The summed E-state index contributed by atoms with van der Waals surface area (Å²) in [5.41, 5.74) is 3.54. The Hall–Kier alpha value is -1.02. The maximum absolute atomic E-state index is 5.18. The largest absolute Gasteiger partial charge is 0.457 e. The lowest BCUT2D eigenvalue weighted by Gasteiger charge is -1.99. The first-order valence-corrected chi connectivity index (χ1v) is 4.87. The van der Waals surface area contributed by atoms with Crippen LogP contribution in [0.1, 0.15) is 5.56 Å². The van der Waals surface area contributed by atoms with Crippen molar-refractivity contribution in [2.75, 3.05) is 0 Å². The van der Waals surface area contributed by atoms with Gasteiger partial charge in [0.1, 0.15) is 0 Å². The summed E-state index contributed by atoms with van der Waals surface area (Å²) in [5, 5.41) is 0. The Morgan fingerprint density at radius 3 is 2.69 bits per heavy atom. The van der Waals surface area contributed by atoms with Crippen LogP contribution in [0.25, 0.3) is 11.1 Å². The van der Waals surface area contributed by atoms with Gasteiger partial charge in [-0.1, -0.05) is 29.8 Å². The molecular formula is C11H9BrO. The summed E-state index contributed by atoms with van der Waals surface area (Å²) < 4.78 is 5.97. The Kier molecular flexibility index (Phi) is 2.23. The van der Waals surface area contributed by atoms with Gasteiger partial charge in [0.15, 0.2) is 4.67 Å². The van der Waals surface area contributed by atoms with Crippen molar-refractivity contribution in [3.8, 4) is 11.1 Å². The number of furan rings is 1. The van der Waals surface area contributed by atoms with Crippen LogP contribution in [0.4, 0.5) is 0 Å². The maximum atomic E-state index is 5.18. The molecule has 66 valence electrons. The van der Waals surface area contributed by atoms with E-state index in [9.17, 15) is 0 Å². The van der Waals surface area contributed by atoms with Crippen LogP contribution in [0.2, 0.25) is 0 Å². The van der Waals surface area contributed by atoms with Crippen molar-refractivity contribution in [2.45, 2.75) is 6.92 Å². The zero-order chi connectivity index (χ0) is 9.26. The summed E-state index contributed by atoms with van der Waals surface area (Å²) in [6.07, 6.45) is 1.68. The monoisotopic (exact) mass is 236 g/mol. The molecule has 0 N–H and O–H groups in total. The van der Waals surface area contributed by atoms with E-state index in [1.807, 2.05) is 12.1 Å². The van der Waals surface area contributed by atoms with Crippen molar-refractivity contribution in [1.82, 2.24) is 0 Å². The summed E-state index contributed by atoms with van der Waals surface area (Å²) in [5.74, 6) is 0. The minimum Gasteiger partial charge on any atom is -0.457 e. The van der Waals surface area contributed by atoms with Crippen LogP contribution in [0.15, 0.2) is 45.7 Å². The van der Waals surface area contributed by atoms with Gasteiger partial charge in [0, 0.05) is 5.56 Å². The average molecular weight is 237 g/mol. The predicted molar refractivity (Wildman–Crippen MR) is 56.6 cm³/mol. The van der Waals surface area contributed by atoms with Crippen LogP contribution in [0, 0.1) is 6.92 Å². The molecule has 0 amide bonds. The number of hydrogen-bond acceptors (Lipinski definition) is 1. The quantitative estimate of drug-likeness (QED) is 0.730. The van der Waals surface area contributed by atoms with Gasteiger partial charge >= 0.3 is 0 Å². The Balaban J connectivity index is 2.53. The zero-order valence-electron chi connectivity index (χ0n) is 7.25. The third kappa shape index (κ3) is 1.68. The van der Waals surface area contributed by atoms with Gasteiger partial charge in [0.25, 0.3) is 0 Å². The first-order chi connectivity index (χ1) is 6.27. The lowest BCUT2D eigenvalue weighted by Crippen LogP contribution is -1.76. The Morgan fingerprint density at radius 1 is 1.23 bits per heavy atom. The minimum absolute atomic E-state index is 0.790. The first-order valence-electron chi connectivity index (χ1n) is 4.07. The number of aryl methyl sites for hydroxylation is 1. The van der Waals surface area contributed by atoms with E-state index >= 15 is 0 Å². The van der Waals surface area contributed by atoms with E-state index in [0.717, 1.165) is 10.2 Å². The van der Waals surface area contributed by atoms with Gasteiger partial charge < -0.3 is 4.42 Å². The van der Waals surface area contributed by atoms with Crippen molar-refractivity contribution in [3.63, 3.8) is 0 Å². The van der Waals surface area contributed by atoms with Crippen LogP contribution in [0.5, 0.6) is 0 Å². The normalized spacial score (nSPS) is 10.3. The van der Waals surface area contributed by atoms with Gasteiger partial charge in [-0.25, -0.2) is 0 Å². The molecule has 1 heterocycles. The van der Waals surface area contributed by atoms with Crippen LogP contribution in [-0.4, -0.2) is 0 Å². The SMILES string of the molecule is Cc1cccc(-c2ccoc2Br)c1. The summed E-state index contributed by atoms with van der Waals surface area (Å²) >= 11 is 3.36. The molecule has 0 atom stereocenters. The summed E-state index contributed by atoms with van der Waals surface area (Å²) in [7, 11) is 0. The van der Waals surface area contributed by atoms with Gasteiger partial charge in [-0.2, -0.15) is 0 Å². The van der Waals surface area contributed by atoms with Crippen LogP contribution in [0.3, 0.4) is 0 Å². The molecule has 0 bridgehead atoms. The molecule has 0 saturated heterocycles. The number of halogens is 1. The zero-order valence-corrected chi connectivity index (χ0v) is 8.84. The third-order valence-corrected chi connectivity index (χ3v) is 2.56. The molecule has 1 nitrogen and oxygen atoms in total. The van der Waals surface area contributed by atoms with Crippen molar-refractivity contribution in [1.29, 1.82) is 0 Å². The molecule has 2 heteroatoms. The molecule has 0 aliphatic carbocycles. The maximum Gasteiger partial charge on any atom is 0.176 e. The Bertz CT molecular complexity index is 418. The lowest BCUT2D eigenvalue weighted by molar-refractivity contribution is 0.542. The standard InChI is InChI=1S/C11H9BrO/c1-8-3-2-4-9(7-8)10-5-6-13-11(10)12/h2-7H,1H3. The summed E-state index contributed by atoms with van der Waals surface area (Å²) in [6.45, 7) is 2.08. The van der Waals surface area contributed by atoms with E-state index in [1.165, 1.54) is 11.1 Å². The third-order valence-electron chi connectivity index (χ3n) is 1.95. The van der Waals surface area contributed by atoms with Crippen LogP contribution in [-0.2, 0) is 0 Å². The second-order valence-corrected chi connectivity index (χ2v) is 3.70. The molecule has 0 saturated carbocycles. The number of rotatable bonds is 1. The molecule has 0 radical (unpaired) electrons. The van der Waals surface area contributed by atoms with E-state index < -0.39 is 0 Å². The molecule has 1 aromatic carbocycles. The summed E-state index contributed by atoms with van der Waals surface area (Å²) in [4.78, 5) is 0. The molecule has 2 rings (SSSR count). The van der Waals surface area contributed by atoms with E-state index in [1.54, 1.807) is 6.26 Å². The highest BCUT2D eigenvalue weighted by molar-refractivity contribution is 9.10. The van der Waals surface area contributed by atoms with Crippen molar-refractivity contribution in [3.05, 3.63) is 46.8 Å². The van der Waals surface area contributed by atoms with E-state index in [-0.39, 0.29) is 0 Å². The highest BCUT2D eigenvalue weighted by Crippen LogP contribution is 2.29. The number of benzene rings is 1. The van der Waals surface area contributed by atoms with Gasteiger partial charge in [-0.3, -0.25) is 0 Å². The molecule has 0 aliphatic rings. The van der Waals surface area contributed by atoms with Gasteiger partial charge in [0.05, 0.1) is 6.26 Å². The van der Waals surface area contributed by atoms with Crippen LogP contribution < -0.4 is 0 Å². The molecule has 1 aromatic heterocycles. The Morgan fingerprint density at radius 2 is 2.08 bits per heavy atom. The fourth-order valence-electron chi connectivity index (χ4n) is 1.31. The van der Waals surface area contributed by atoms with Crippen LogP contribution >= 0.6 is 15.9 Å². The fraction of sp³-hybridized carbons (Fsp3) is 0.0909. The van der Waals surface area contributed by atoms with E-state index in [2.05, 4.69) is 41.1 Å². The first kappa shape index (κ1) is 8.57. The molecule has 0 fully saturated rings. The molecule has 0 spiro atoms. The Labute approximate surface area is 85.5 Å². The number of hydrogen-bond donors (Lipinski definition) is 0. The van der Waals surface area contributed by atoms with E-state index in [4.69, 9.17) is 4.42 Å². The summed E-state index contributed by atoms with van der Waals surface area (Å²) in [6, 6.07) is 10.3.